The lowest BCUT2D eigenvalue weighted by Crippen LogP contribution is -2.43. The molecule has 3 rings (SSSR count). The molecule has 0 bridgehead atoms. The fourth-order valence-electron chi connectivity index (χ4n) is 4.14. The molecule has 1 aromatic heterocycles. The molecule has 1 aromatic carbocycles. The second-order valence-electron chi connectivity index (χ2n) is 8.29. The quantitative estimate of drug-likeness (QED) is 0.745. The van der Waals surface area contributed by atoms with Gasteiger partial charge in [-0.2, -0.15) is 0 Å². The predicted molar refractivity (Wildman–Crippen MR) is 107 cm³/mol. The van der Waals surface area contributed by atoms with E-state index in [1.807, 2.05) is 32.0 Å². The minimum atomic E-state index is -0.839. The number of carbonyl (C=O) groups is 2. The average Bonchev–Trinajstić information content (AvgIpc) is 2.97. The first-order chi connectivity index (χ1) is 12.8. The number of anilines is 1. The lowest BCUT2D eigenvalue weighted by atomic mass is 9.89. The number of rotatable bonds is 5. The maximum Gasteiger partial charge on any atom is 0.325 e. The normalized spacial score (nSPS) is 22.1. The van der Waals surface area contributed by atoms with Gasteiger partial charge in [-0.25, -0.2) is 0 Å². The van der Waals surface area contributed by atoms with Crippen LogP contribution in [0.1, 0.15) is 45.7 Å². The summed E-state index contributed by atoms with van der Waals surface area (Å²) in [5, 5.41) is 13.7. The van der Waals surface area contributed by atoms with E-state index in [0.29, 0.717) is 17.5 Å². The van der Waals surface area contributed by atoms with Gasteiger partial charge in [0, 0.05) is 47.4 Å². The van der Waals surface area contributed by atoms with Crippen LogP contribution in [0.15, 0.2) is 24.4 Å². The first kappa shape index (κ1) is 19.4. The summed E-state index contributed by atoms with van der Waals surface area (Å²) in [7, 11) is 0. The van der Waals surface area contributed by atoms with Crippen LogP contribution in [-0.4, -0.2) is 40.0 Å². The fourth-order valence-corrected chi connectivity index (χ4v) is 4.14. The molecule has 1 amide bonds. The maximum absolute atomic E-state index is 12.2. The Kier molecular flexibility index (Phi) is 5.56. The van der Waals surface area contributed by atoms with Gasteiger partial charge >= 0.3 is 5.97 Å². The van der Waals surface area contributed by atoms with E-state index in [-0.39, 0.29) is 11.8 Å². The van der Waals surface area contributed by atoms with Crippen molar-refractivity contribution in [2.75, 3.05) is 18.4 Å². The van der Waals surface area contributed by atoms with E-state index in [9.17, 15) is 14.7 Å². The lowest BCUT2D eigenvalue weighted by molar-refractivity contribution is -0.144. The fraction of sp³-hybridized carbons (Fsp3) is 0.524. The molecule has 2 heterocycles. The van der Waals surface area contributed by atoms with Crippen LogP contribution in [0.3, 0.4) is 0 Å². The highest BCUT2D eigenvalue weighted by Crippen LogP contribution is 2.34. The Morgan fingerprint density at radius 3 is 2.48 bits per heavy atom. The number of H-pyrrole nitrogens is 1. The average molecular weight is 371 g/mol. The van der Waals surface area contributed by atoms with Crippen LogP contribution in [0.5, 0.6) is 0 Å². The number of carbonyl (C=O) groups excluding carboxylic acids is 1. The summed E-state index contributed by atoms with van der Waals surface area (Å²) in [6.07, 6.45) is 2.92. The number of hydrogen-bond acceptors (Lipinski definition) is 3. The minimum Gasteiger partial charge on any atom is -0.480 e. The number of hydrogen-bond donors (Lipinski definition) is 3. The van der Waals surface area contributed by atoms with E-state index in [1.54, 1.807) is 6.20 Å². The summed E-state index contributed by atoms with van der Waals surface area (Å²) in [5.41, 5.74) is 2.31. The number of carboxylic acid groups (broad SMARTS) is 1. The Morgan fingerprint density at radius 2 is 1.89 bits per heavy atom. The van der Waals surface area contributed by atoms with Crippen molar-refractivity contribution in [3.63, 3.8) is 0 Å². The van der Waals surface area contributed by atoms with Crippen molar-refractivity contribution in [3.05, 3.63) is 30.0 Å². The Labute approximate surface area is 159 Å². The highest BCUT2D eigenvalue weighted by molar-refractivity contribution is 5.96. The Morgan fingerprint density at radius 1 is 1.22 bits per heavy atom. The van der Waals surface area contributed by atoms with Crippen molar-refractivity contribution in [1.82, 2.24) is 9.88 Å². The molecule has 3 N–H and O–H groups in total. The third-order valence-electron chi connectivity index (χ3n) is 5.30. The van der Waals surface area contributed by atoms with Crippen LogP contribution in [0.4, 0.5) is 5.69 Å². The van der Waals surface area contributed by atoms with Gasteiger partial charge in [0.1, 0.15) is 6.04 Å². The Balaban J connectivity index is 1.97. The number of aromatic nitrogens is 1. The van der Waals surface area contributed by atoms with Gasteiger partial charge in [0.15, 0.2) is 0 Å². The molecule has 0 saturated carbocycles. The molecule has 0 spiro atoms. The molecule has 3 atom stereocenters. The van der Waals surface area contributed by atoms with E-state index in [1.165, 1.54) is 0 Å². The van der Waals surface area contributed by atoms with Gasteiger partial charge in [-0.15, -0.1) is 0 Å². The van der Waals surface area contributed by atoms with Gasteiger partial charge in [0.25, 0.3) is 0 Å². The van der Waals surface area contributed by atoms with Gasteiger partial charge in [-0.1, -0.05) is 27.7 Å². The largest absolute Gasteiger partial charge is 0.480 e. The second kappa shape index (κ2) is 7.72. The first-order valence-corrected chi connectivity index (χ1v) is 9.65. The number of amides is 1. The molecule has 0 radical (unpaired) electrons. The standard InChI is InChI=1S/C21H29N3O3/c1-12(2)20(25)23-15-5-6-18-16(8-15)17(9-22-18)19(21(26)27)24-10-13(3)7-14(4)11-24/h5-6,8-9,12-14,19,22H,7,10-11H2,1-4H3,(H,23,25)(H,26,27)/t13-,14+,19-/m1/s1. The van der Waals surface area contributed by atoms with E-state index < -0.39 is 12.0 Å². The number of nitrogens with one attached hydrogen (secondary N) is 2. The topological polar surface area (TPSA) is 85.4 Å². The molecule has 0 aliphatic carbocycles. The number of aliphatic carboxylic acids is 1. The van der Waals surface area contributed by atoms with Crippen molar-refractivity contribution in [2.45, 2.75) is 40.2 Å². The van der Waals surface area contributed by atoms with Crippen molar-refractivity contribution in [1.29, 1.82) is 0 Å². The second-order valence-corrected chi connectivity index (χ2v) is 8.29. The summed E-state index contributed by atoms with van der Waals surface area (Å²) in [6.45, 7) is 9.59. The van der Waals surface area contributed by atoms with Crippen LogP contribution in [0.2, 0.25) is 0 Å². The summed E-state index contributed by atoms with van der Waals surface area (Å²) < 4.78 is 0. The van der Waals surface area contributed by atoms with Gasteiger partial charge < -0.3 is 15.4 Å². The monoisotopic (exact) mass is 371 g/mol. The van der Waals surface area contributed by atoms with E-state index in [4.69, 9.17) is 0 Å². The summed E-state index contributed by atoms with van der Waals surface area (Å²) >= 11 is 0. The molecule has 1 fully saturated rings. The molecule has 146 valence electrons. The van der Waals surface area contributed by atoms with Gasteiger partial charge in [-0.3, -0.25) is 14.5 Å². The minimum absolute atomic E-state index is 0.0556. The van der Waals surface area contributed by atoms with Crippen LogP contribution in [0.25, 0.3) is 10.9 Å². The number of likely N-dealkylation sites (tertiary alicyclic amines) is 1. The van der Waals surface area contributed by atoms with Gasteiger partial charge in [-0.05, 0) is 36.5 Å². The molecule has 0 unspecified atom stereocenters. The third-order valence-corrected chi connectivity index (χ3v) is 5.30. The van der Waals surface area contributed by atoms with Crippen molar-refractivity contribution < 1.29 is 14.7 Å². The van der Waals surface area contributed by atoms with Gasteiger partial charge in [0.2, 0.25) is 5.91 Å². The summed E-state index contributed by atoms with van der Waals surface area (Å²) in [6, 6.07) is 4.90. The summed E-state index contributed by atoms with van der Waals surface area (Å²) in [4.78, 5) is 29.5. The highest BCUT2D eigenvalue weighted by Gasteiger charge is 2.34. The number of nitrogens with zero attached hydrogens (tertiary/aromatic N) is 1. The number of aromatic amines is 1. The number of carboxylic acids is 1. The third kappa shape index (κ3) is 4.16. The zero-order valence-electron chi connectivity index (χ0n) is 16.5. The van der Waals surface area contributed by atoms with E-state index in [0.717, 1.165) is 36.0 Å². The van der Waals surface area contributed by atoms with Crippen molar-refractivity contribution in [3.8, 4) is 0 Å². The first-order valence-electron chi connectivity index (χ1n) is 9.65. The predicted octanol–water partition coefficient (Wildman–Crippen LogP) is 3.87. The van der Waals surface area contributed by atoms with Crippen LogP contribution in [0, 0.1) is 17.8 Å². The number of piperidine rings is 1. The maximum atomic E-state index is 12.2. The van der Waals surface area contributed by atoms with Gasteiger partial charge in [0.05, 0.1) is 0 Å². The van der Waals surface area contributed by atoms with Crippen LogP contribution < -0.4 is 5.32 Å². The molecule has 27 heavy (non-hydrogen) atoms. The van der Waals surface area contributed by atoms with E-state index >= 15 is 0 Å². The smallest absolute Gasteiger partial charge is 0.325 e. The Bertz CT molecular complexity index is 832. The molecule has 1 saturated heterocycles. The molecule has 2 aromatic rings. The molecule has 1 aliphatic heterocycles. The zero-order valence-corrected chi connectivity index (χ0v) is 16.5. The SMILES string of the molecule is CC(C)C(=O)Nc1ccc2[nH]cc([C@H](C(=O)O)N3C[C@H](C)C[C@H](C)C3)c2c1. The number of benzene rings is 1. The number of fused-ring (bicyclic) bond motifs is 1. The molecule has 6 nitrogen and oxygen atoms in total. The molecule has 6 heteroatoms. The van der Waals surface area contributed by atoms with Crippen molar-refractivity contribution in [2.24, 2.45) is 17.8 Å². The lowest BCUT2D eigenvalue weighted by Gasteiger charge is -2.38. The summed E-state index contributed by atoms with van der Waals surface area (Å²) in [5.74, 6) is -0.0633. The molecular weight excluding hydrogens is 342 g/mol. The van der Waals surface area contributed by atoms with Crippen molar-refractivity contribution >= 4 is 28.5 Å². The van der Waals surface area contributed by atoms with Crippen LogP contribution >= 0.6 is 0 Å². The zero-order chi connectivity index (χ0) is 19.7. The Hall–Kier alpha value is -2.34. The molecular formula is C21H29N3O3. The van der Waals surface area contributed by atoms with E-state index in [2.05, 4.69) is 29.0 Å². The van der Waals surface area contributed by atoms with Crippen LogP contribution in [-0.2, 0) is 9.59 Å². The molecule has 1 aliphatic rings. The highest BCUT2D eigenvalue weighted by atomic mass is 16.4.